The van der Waals surface area contributed by atoms with Gasteiger partial charge in [0.25, 0.3) is 0 Å². The SMILES string of the molecule is CCCCCNCC(C)NCC(C)OC. The third-order valence-corrected chi connectivity index (χ3v) is 2.56. The van der Waals surface area contributed by atoms with Crippen molar-refractivity contribution in [1.82, 2.24) is 10.6 Å². The molecule has 15 heavy (non-hydrogen) atoms. The Morgan fingerprint density at radius 3 is 2.47 bits per heavy atom. The summed E-state index contributed by atoms with van der Waals surface area (Å²) in [6.07, 6.45) is 4.21. The van der Waals surface area contributed by atoms with Crippen molar-refractivity contribution in [3.63, 3.8) is 0 Å². The first kappa shape index (κ1) is 14.9. The van der Waals surface area contributed by atoms with Gasteiger partial charge in [0.15, 0.2) is 0 Å². The van der Waals surface area contributed by atoms with Gasteiger partial charge in [0.1, 0.15) is 0 Å². The van der Waals surface area contributed by atoms with E-state index < -0.39 is 0 Å². The van der Waals surface area contributed by atoms with Crippen LogP contribution in [-0.4, -0.2) is 38.9 Å². The molecule has 0 aliphatic heterocycles. The molecule has 0 fully saturated rings. The van der Waals surface area contributed by atoms with E-state index >= 15 is 0 Å². The highest BCUT2D eigenvalue weighted by Gasteiger charge is 2.03. The quantitative estimate of drug-likeness (QED) is 0.546. The van der Waals surface area contributed by atoms with Gasteiger partial charge in [-0.15, -0.1) is 0 Å². The molecule has 2 atom stereocenters. The number of nitrogens with one attached hydrogen (secondary N) is 2. The van der Waals surface area contributed by atoms with Crippen LogP contribution in [0, 0.1) is 0 Å². The van der Waals surface area contributed by atoms with E-state index in [0.29, 0.717) is 12.1 Å². The second kappa shape index (κ2) is 10.4. The molecule has 0 saturated heterocycles. The molecule has 3 heteroatoms. The maximum absolute atomic E-state index is 5.18. The Morgan fingerprint density at radius 2 is 1.87 bits per heavy atom. The summed E-state index contributed by atoms with van der Waals surface area (Å²) >= 11 is 0. The second-order valence-corrected chi connectivity index (χ2v) is 4.27. The van der Waals surface area contributed by atoms with Crippen molar-refractivity contribution >= 4 is 0 Å². The van der Waals surface area contributed by atoms with Crippen molar-refractivity contribution in [3.05, 3.63) is 0 Å². The first-order chi connectivity index (χ1) is 7.20. The van der Waals surface area contributed by atoms with Gasteiger partial charge in [0, 0.05) is 26.2 Å². The lowest BCUT2D eigenvalue weighted by molar-refractivity contribution is 0.115. The van der Waals surface area contributed by atoms with E-state index in [9.17, 15) is 0 Å². The van der Waals surface area contributed by atoms with Crippen LogP contribution in [-0.2, 0) is 4.74 Å². The first-order valence-corrected chi connectivity index (χ1v) is 6.17. The van der Waals surface area contributed by atoms with Crippen LogP contribution in [0.5, 0.6) is 0 Å². The second-order valence-electron chi connectivity index (χ2n) is 4.27. The maximum atomic E-state index is 5.18. The van der Waals surface area contributed by atoms with Crippen LogP contribution in [0.3, 0.4) is 0 Å². The topological polar surface area (TPSA) is 33.3 Å². The molecule has 0 bridgehead atoms. The van der Waals surface area contributed by atoms with Crippen molar-refractivity contribution in [3.8, 4) is 0 Å². The normalized spacial score (nSPS) is 15.2. The Labute approximate surface area is 95.0 Å². The Hall–Kier alpha value is -0.120. The molecule has 0 amide bonds. The summed E-state index contributed by atoms with van der Waals surface area (Å²) < 4.78 is 5.18. The molecule has 0 saturated carbocycles. The average molecular weight is 216 g/mol. The van der Waals surface area contributed by atoms with Crippen molar-refractivity contribution in [1.29, 1.82) is 0 Å². The molecule has 2 N–H and O–H groups in total. The molecule has 2 unspecified atom stereocenters. The van der Waals surface area contributed by atoms with Gasteiger partial charge in [-0.25, -0.2) is 0 Å². The molecule has 0 radical (unpaired) electrons. The molecule has 0 aromatic rings. The summed E-state index contributed by atoms with van der Waals surface area (Å²) in [6.45, 7) is 9.62. The largest absolute Gasteiger partial charge is 0.380 e. The molecule has 0 aromatic heterocycles. The molecular weight excluding hydrogens is 188 g/mol. The number of hydrogen-bond acceptors (Lipinski definition) is 3. The minimum atomic E-state index is 0.299. The zero-order valence-corrected chi connectivity index (χ0v) is 10.8. The predicted octanol–water partition coefficient (Wildman–Crippen LogP) is 1.78. The van der Waals surface area contributed by atoms with Gasteiger partial charge in [-0.05, 0) is 26.8 Å². The van der Waals surface area contributed by atoms with Crippen LogP contribution in [0.25, 0.3) is 0 Å². The van der Waals surface area contributed by atoms with Crippen LogP contribution in [0.4, 0.5) is 0 Å². The average Bonchev–Trinajstić information content (AvgIpc) is 2.25. The highest BCUT2D eigenvalue weighted by Crippen LogP contribution is 1.91. The monoisotopic (exact) mass is 216 g/mol. The maximum Gasteiger partial charge on any atom is 0.0667 e. The highest BCUT2D eigenvalue weighted by atomic mass is 16.5. The summed E-state index contributed by atoms with van der Waals surface area (Å²) in [4.78, 5) is 0. The predicted molar refractivity (Wildman–Crippen MR) is 66.3 cm³/mol. The fourth-order valence-electron chi connectivity index (χ4n) is 1.34. The number of rotatable bonds is 10. The summed E-state index contributed by atoms with van der Waals surface area (Å²) in [6, 6.07) is 0.518. The Balaban J connectivity index is 3.21. The zero-order chi connectivity index (χ0) is 11.5. The van der Waals surface area contributed by atoms with Gasteiger partial charge in [0.2, 0.25) is 0 Å². The van der Waals surface area contributed by atoms with Crippen LogP contribution in [0.15, 0.2) is 0 Å². The number of hydrogen-bond donors (Lipinski definition) is 2. The minimum Gasteiger partial charge on any atom is -0.380 e. The van der Waals surface area contributed by atoms with E-state index in [-0.39, 0.29) is 0 Å². The Morgan fingerprint density at radius 1 is 1.13 bits per heavy atom. The molecule has 0 heterocycles. The molecule has 3 nitrogen and oxygen atoms in total. The molecule has 0 aromatic carbocycles. The molecule has 0 aliphatic rings. The van der Waals surface area contributed by atoms with E-state index in [1.807, 2.05) is 0 Å². The standard InChI is InChI=1S/C12H28N2O/c1-5-6-7-8-13-9-11(2)14-10-12(3)15-4/h11-14H,5-10H2,1-4H3. The first-order valence-electron chi connectivity index (χ1n) is 6.17. The molecule has 0 aliphatic carbocycles. The van der Waals surface area contributed by atoms with Gasteiger partial charge in [-0.3, -0.25) is 0 Å². The van der Waals surface area contributed by atoms with Crippen LogP contribution < -0.4 is 10.6 Å². The fraction of sp³-hybridized carbons (Fsp3) is 1.00. The third kappa shape index (κ3) is 10.2. The van der Waals surface area contributed by atoms with Crippen molar-refractivity contribution in [2.24, 2.45) is 0 Å². The highest BCUT2D eigenvalue weighted by molar-refractivity contribution is 4.66. The van der Waals surface area contributed by atoms with Crippen molar-refractivity contribution in [2.75, 3.05) is 26.7 Å². The van der Waals surface area contributed by atoms with Gasteiger partial charge >= 0.3 is 0 Å². The number of methoxy groups -OCH3 is 1. The Kier molecular flexibility index (Phi) is 10.3. The van der Waals surface area contributed by atoms with E-state index in [2.05, 4.69) is 31.4 Å². The number of unbranched alkanes of at least 4 members (excludes halogenated alkanes) is 2. The van der Waals surface area contributed by atoms with Crippen LogP contribution in [0.2, 0.25) is 0 Å². The molecular formula is C12H28N2O. The third-order valence-electron chi connectivity index (χ3n) is 2.56. The molecule has 0 spiro atoms. The summed E-state index contributed by atoms with van der Waals surface area (Å²) in [7, 11) is 1.75. The lowest BCUT2D eigenvalue weighted by Crippen LogP contribution is -2.40. The lowest BCUT2D eigenvalue weighted by Gasteiger charge is -2.17. The summed E-state index contributed by atoms with van der Waals surface area (Å²) in [5, 5.41) is 6.90. The fourth-order valence-corrected chi connectivity index (χ4v) is 1.34. The molecule has 0 rings (SSSR count). The van der Waals surface area contributed by atoms with Gasteiger partial charge in [-0.1, -0.05) is 19.8 Å². The zero-order valence-electron chi connectivity index (χ0n) is 10.8. The van der Waals surface area contributed by atoms with Crippen molar-refractivity contribution in [2.45, 2.75) is 52.2 Å². The van der Waals surface area contributed by atoms with Crippen molar-refractivity contribution < 1.29 is 4.74 Å². The summed E-state index contributed by atoms with van der Waals surface area (Å²) in [5.74, 6) is 0. The minimum absolute atomic E-state index is 0.299. The van der Waals surface area contributed by atoms with Crippen LogP contribution >= 0.6 is 0 Å². The smallest absolute Gasteiger partial charge is 0.0667 e. The summed E-state index contributed by atoms with van der Waals surface area (Å²) in [5.41, 5.74) is 0. The lowest BCUT2D eigenvalue weighted by atomic mass is 10.2. The Bertz CT molecular complexity index is 131. The van der Waals surface area contributed by atoms with Crippen LogP contribution in [0.1, 0.15) is 40.0 Å². The van der Waals surface area contributed by atoms with E-state index in [0.717, 1.165) is 19.6 Å². The van der Waals surface area contributed by atoms with E-state index in [1.54, 1.807) is 7.11 Å². The van der Waals surface area contributed by atoms with Gasteiger partial charge < -0.3 is 15.4 Å². The van der Waals surface area contributed by atoms with Gasteiger partial charge in [0.05, 0.1) is 6.10 Å². The number of ether oxygens (including phenoxy) is 1. The molecule has 92 valence electrons. The van der Waals surface area contributed by atoms with E-state index in [1.165, 1.54) is 19.3 Å². The van der Waals surface area contributed by atoms with Gasteiger partial charge in [-0.2, -0.15) is 0 Å². The van der Waals surface area contributed by atoms with E-state index in [4.69, 9.17) is 4.74 Å².